The van der Waals surface area contributed by atoms with Gasteiger partial charge in [-0.15, -0.1) is 0 Å². The van der Waals surface area contributed by atoms with E-state index in [4.69, 9.17) is 5.53 Å². The van der Waals surface area contributed by atoms with Crippen molar-refractivity contribution in [1.29, 1.82) is 5.53 Å². The van der Waals surface area contributed by atoms with E-state index in [1.807, 2.05) is 0 Å². The van der Waals surface area contributed by atoms with E-state index in [9.17, 15) is 23.0 Å². The molecule has 2 heterocycles. The summed E-state index contributed by atoms with van der Waals surface area (Å²) in [4.78, 5) is 0. The summed E-state index contributed by atoms with van der Waals surface area (Å²) in [5, 5.41) is 14.2. The van der Waals surface area contributed by atoms with Gasteiger partial charge < -0.3 is 20.6 Å². The first kappa shape index (κ1) is 16.6. The van der Waals surface area contributed by atoms with E-state index in [0.29, 0.717) is 16.4 Å². The normalized spacial score (nSPS) is 12.4. The zero-order valence-electron chi connectivity index (χ0n) is 14.0. The Morgan fingerprint density at radius 1 is 0.964 bits per heavy atom. The molecule has 1 aromatic heterocycles. The van der Waals surface area contributed by atoms with Crippen LogP contribution in [0.3, 0.4) is 0 Å². The first-order valence-corrected chi connectivity index (χ1v) is 8.28. The molecule has 3 aromatic carbocycles. The minimum Gasteiger partial charge on any atom is -0.463 e. The maximum Gasteiger partial charge on any atom is 0.198 e. The zero-order chi connectivity index (χ0) is 19.7. The Morgan fingerprint density at radius 3 is 2.43 bits per heavy atom. The predicted octanol–water partition coefficient (Wildman–Crippen LogP) is 5.73. The van der Waals surface area contributed by atoms with Gasteiger partial charge in [-0.3, -0.25) is 0 Å². The monoisotopic (exact) mass is 381 g/mol. The molecule has 0 bridgehead atoms. The minimum absolute atomic E-state index is 0.0813. The van der Waals surface area contributed by atoms with Crippen molar-refractivity contribution in [1.82, 2.24) is 4.57 Å². The Bertz CT molecular complexity index is 1370. The van der Waals surface area contributed by atoms with Crippen LogP contribution in [0.4, 0.5) is 17.6 Å². The molecular formula is C20H9F4N4-. The Balaban J connectivity index is 2.04. The molecule has 5 rings (SSSR count). The summed E-state index contributed by atoms with van der Waals surface area (Å²) >= 11 is 0. The Morgan fingerprint density at radius 2 is 1.68 bits per heavy atom. The second-order valence-electron chi connectivity index (χ2n) is 6.57. The van der Waals surface area contributed by atoms with Gasteiger partial charge in [0.25, 0.3) is 0 Å². The molecule has 1 aliphatic rings. The molecule has 1 aliphatic heterocycles. The number of para-hydroxylation sites is 1. The highest BCUT2D eigenvalue weighted by atomic mass is 19.2. The van der Waals surface area contributed by atoms with Gasteiger partial charge in [0.2, 0.25) is 0 Å². The van der Waals surface area contributed by atoms with Crippen LogP contribution in [0.5, 0.6) is 0 Å². The number of hydrogen-bond donors (Lipinski definition) is 1. The van der Waals surface area contributed by atoms with Crippen molar-refractivity contribution < 1.29 is 17.6 Å². The summed E-state index contributed by atoms with van der Waals surface area (Å²) in [5.74, 6) is -7.33. The highest BCUT2D eigenvalue weighted by Crippen LogP contribution is 2.45. The number of benzene rings is 3. The maximum atomic E-state index is 14.7. The number of amidine groups is 1. The second kappa shape index (κ2) is 5.48. The van der Waals surface area contributed by atoms with Crippen molar-refractivity contribution in [3.63, 3.8) is 0 Å². The predicted molar refractivity (Wildman–Crippen MR) is 96.4 cm³/mol. The van der Waals surface area contributed by atoms with Crippen LogP contribution in [0.2, 0.25) is 0 Å². The topological polar surface area (TPSA) is 63.4 Å². The highest BCUT2D eigenvalue weighted by molar-refractivity contribution is 6.17. The fourth-order valence-electron chi connectivity index (χ4n) is 4.00. The van der Waals surface area contributed by atoms with E-state index < -0.39 is 34.7 Å². The second-order valence-corrected chi connectivity index (χ2v) is 6.57. The summed E-state index contributed by atoms with van der Waals surface area (Å²) in [6.07, 6.45) is 0. The molecular weight excluding hydrogens is 372 g/mol. The lowest BCUT2D eigenvalue weighted by Gasteiger charge is -2.23. The average molecular weight is 381 g/mol. The summed E-state index contributed by atoms with van der Waals surface area (Å²) < 4.78 is 58.8. The van der Waals surface area contributed by atoms with Crippen LogP contribution in [0.15, 0.2) is 41.5 Å². The molecule has 4 aromatic rings. The number of aromatic nitrogens is 1. The van der Waals surface area contributed by atoms with Crippen molar-refractivity contribution in [3.05, 3.63) is 76.2 Å². The van der Waals surface area contributed by atoms with Crippen molar-refractivity contribution >= 4 is 27.6 Å². The lowest BCUT2D eigenvalue weighted by molar-refractivity contribution is 0.404. The van der Waals surface area contributed by atoms with E-state index in [0.717, 1.165) is 5.39 Å². The van der Waals surface area contributed by atoms with Crippen LogP contribution in [-0.2, 0) is 6.54 Å². The van der Waals surface area contributed by atoms with Gasteiger partial charge in [0.1, 0.15) is 0 Å². The van der Waals surface area contributed by atoms with Crippen molar-refractivity contribution in [2.45, 2.75) is 6.54 Å². The number of hydrogen-bond acceptors (Lipinski definition) is 1. The third-order valence-corrected chi connectivity index (χ3v) is 5.18. The average Bonchev–Trinajstić information content (AvgIpc) is 3.04. The molecule has 0 radical (unpaired) electrons. The molecule has 0 unspecified atom stereocenters. The Hall–Kier alpha value is -3.55. The number of fused-ring (bicyclic) bond motifs is 5. The van der Waals surface area contributed by atoms with Crippen LogP contribution in [-0.4, -0.2) is 10.4 Å². The largest absolute Gasteiger partial charge is 0.463 e. The van der Waals surface area contributed by atoms with E-state index in [2.05, 4.69) is 5.11 Å². The van der Waals surface area contributed by atoms with Gasteiger partial charge in [-0.1, -0.05) is 18.2 Å². The van der Waals surface area contributed by atoms with Crippen molar-refractivity contribution in [2.75, 3.05) is 0 Å². The molecule has 0 aliphatic carbocycles. The molecule has 0 saturated carbocycles. The van der Waals surface area contributed by atoms with Crippen LogP contribution >= 0.6 is 0 Å². The third kappa shape index (κ3) is 1.91. The van der Waals surface area contributed by atoms with Crippen LogP contribution in [0.1, 0.15) is 11.1 Å². The molecule has 1 N–H and O–H groups in total. The van der Waals surface area contributed by atoms with Gasteiger partial charge >= 0.3 is 0 Å². The van der Waals surface area contributed by atoms with E-state index in [1.165, 1.54) is 6.07 Å². The number of nitrogens with zero attached hydrogens (tertiary/aromatic N) is 3. The minimum atomic E-state index is -1.89. The summed E-state index contributed by atoms with van der Waals surface area (Å²) in [6.45, 7) is -0.176. The molecule has 4 nitrogen and oxygen atoms in total. The fourth-order valence-corrected chi connectivity index (χ4v) is 4.00. The summed E-state index contributed by atoms with van der Waals surface area (Å²) in [7, 11) is 0. The third-order valence-electron chi connectivity index (χ3n) is 5.18. The number of nitrogens with one attached hydrogen (secondary N) is 1. The highest BCUT2D eigenvalue weighted by Gasteiger charge is 2.32. The lowest BCUT2D eigenvalue weighted by atomic mass is 9.91. The molecule has 0 saturated heterocycles. The van der Waals surface area contributed by atoms with Crippen LogP contribution in [0, 0.1) is 28.8 Å². The fraction of sp³-hybridized carbons (Fsp3) is 0.0500. The molecule has 0 atom stereocenters. The SMILES string of the molecule is [N-]=C(N=N)c1cc2c3c(c1)c1ccccc1n3Cc1c(F)c(F)c(F)c(F)c1-2. The van der Waals surface area contributed by atoms with E-state index >= 15 is 0 Å². The first-order chi connectivity index (χ1) is 13.4. The quantitative estimate of drug-likeness (QED) is 0.0963. The van der Waals surface area contributed by atoms with E-state index in [1.54, 1.807) is 34.9 Å². The van der Waals surface area contributed by atoms with Gasteiger partial charge in [-0.25, -0.2) is 17.6 Å². The van der Waals surface area contributed by atoms with Gasteiger partial charge in [-0.05, 0) is 29.6 Å². The molecule has 28 heavy (non-hydrogen) atoms. The smallest absolute Gasteiger partial charge is 0.198 e. The number of halogens is 4. The Labute approximate surface area is 155 Å². The van der Waals surface area contributed by atoms with Crippen molar-refractivity contribution in [2.24, 2.45) is 5.11 Å². The van der Waals surface area contributed by atoms with Gasteiger partial charge in [0, 0.05) is 33.0 Å². The maximum absolute atomic E-state index is 14.7. The molecule has 8 heteroatoms. The molecule has 0 fully saturated rings. The van der Waals surface area contributed by atoms with Gasteiger partial charge in [-0.2, -0.15) is 0 Å². The molecule has 138 valence electrons. The van der Waals surface area contributed by atoms with Crippen LogP contribution < -0.4 is 0 Å². The van der Waals surface area contributed by atoms with Gasteiger partial charge in [0.15, 0.2) is 23.3 Å². The lowest BCUT2D eigenvalue weighted by Crippen LogP contribution is -2.15. The summed E-state index contributed by atoms with van der Waals surface area (Å²) in [5.41, 5.74) is 7.69. The first-order valence-electron chi connectivity index (χ1n) is 8.28. The van der Waals surface area contributed by atoms with Crippen LogP contribution in [0.25, 0.3) is 38.3 Å². The van der Waals surface area contributed by atoms with Gasteiger partial charge in [0.05, 0.1) is 12.1 Å². The zero-order valence-corrected chi connectivity index (χ0v) is 14.0. The Kier molecular flexibility index (Phi) is 3.25. The standard InChI is InChI=1S/C20H9F4N4/c21-15-12-7-28-13-4-2-1-3-9(13)10-5-8(20(25)27-26)6-11(19(10)28)14(12)16(22)18(24)17(15)23/h1-6,26H,7H2/q-1. The number of rotatable bonds is 1. The van der Waals surface area contributed by atoms with E-state index in [-0.39, 0.29) is 23.2 Å². The molecule has 0 amide bonds. The summed E-state index contributed by atoms with van der Waals surface area (Å²) in [6, 6.07) is 9.98. The van der Waals surface area contributed by atoms with Crippen molar-refractivity contribution in [3.8, 4) is 11.1 Å². The molecule has 0 spiro atoms.